The number of rotatable bonds is 7. The van der Waals surface area contributed by atoms with Crippen molar-refractivity contribution in [2.45, 2.75) is 38.3 Å². The highest BCUT2D eigenvalue weighted by Gasteiger charge is 2.30. The van der Waals surface area contributed by atoms with Crippen LogP contribution in [0.5, 0.6) is 0 Å². The normalized spacial score (nSPS) is 18.7. The van der Waals surface area contributed by atoms with Crippen LogP contribution in [-0.4, -0.2) is 80.6 Å². The van der Waals surface area contributed by atoms with Crippen molar-refractivity contribution < 1.29 is 22.2 Å². The molecule has 0 bridgehead atoms. The number of nitrogens with zero attached hydrogens (tertiary/aromatic N) is 5. The fourth-order valence-corrected chi connectivity index (χ4v) is 7.49. The number of anilines is 2. The molecule has 1 aromatic carbocycles. The summed E-state index contributed by atoms with van der Waals surface area (Å²) >= 11 is 1.03. The zero-order chi connectivity index (χ0) is 27.6. The summed E-state index contributed by atoms with van der Waals surface area (Å²) in [7, 11) is -2.59. The van der Waals surface area contributed by atoms with E-state index in [9.17, 15) is 22.2 Å². The predicted molar refractivity (Wildman–Crippen MR) is 150 cm³/mol. The second-order valence-electron chi connectivity index (χ2n) is 9.89. The summed E-state index contributed by atoms with van der Waals surface area (Å²) in [6, 6.07) is 8.88. The molecule has 3 aromatic rings. The number of nitrogens with one attached hydrogen (secondary N) is 1. The summed E-state index contributed by atoms with van der Waals surface area (Å²) in [5.41, 5.74) is 1.56. The maximum Gasteiger partial charge on any atom is 0.393 e. The van der Waals surface area contributed by atoms with Crippen LogP contribution in [0.25, 0.3) is 10.2 Å². The summed E-state index contributed by atoms with van der Waals surface area (Å²) in [6.45, 7) is 3.57. The third kappa shape index (κ3) is 6.82. The minimum atomic E-state index is -4.28. The van der Waals surface area contributed by atoms with Crippen molar-refractivity contribution in [1.29, 1.82) is 0 Å². The van der Waals surface area contributed by atoms with Gasteiger partial charge in [0, 0.05) is 49.8 Å². The number of thiophene rings is 1. The van der Waals surface area contributed by atoms with Crippen LogP contribution in [0, 0.1) is 0 Å². The topological polar surface area (TPSA) is 81.7 Å². The minimum Gasteiger partial charge on any atom is -0.352 e. The Morgan fingerprint density at radius 1 is 1.03 bits per heavy atom. The van der Waals surface area contributed by atoms with Gasteiger partial charge in [0.05, 0.1) is 18.2 Å². The van der Waals surface area contributed by atoms with Crippen LogP contribution in [0.15, 0.2) is 36.7 Å². The van der Waals surface area contributed by atoms with Crippen molar-refractivity contribution in [2.75, 3.05) is 48.9 Å². The summed E-state index contributed by atoms with van der Waals surface area (Å²) < 4.78 is 56.6. The fraction of sp³-hybridized carbons (Fsp3) is 0.462. The molecule has 1 atom stereocenters. The van der Waals surface area contributed by atoms with E-state index in [1.165, 1.54) is 12.4 Å². The largest absolute Gasteiger partial charge is 0.393 e. The van der Waals surface area contributed by atoms with Gasteiger partial charge in [-0.2, -0.15) is 13.2 Å². The van der Waals surface area contributed by atoms with E-state index in [4.69, 9.17) is 0 Å². The number of alkyl halides is 3. The third-order valence-corrected chi connectivity index (χ3v) is 9.78. The van der Waals surface area contributed by atoms with E-state index in [0.29, 0.717) is 47.9 Å². The second kappa shape index (κ2) is 11.3. The Kier molecular flexibility index (Phi) is 8.01. The zero-order valence-corrected chi connectivity index (χ0v) is 23.1. The van der Waals surface area contributed by atoms with Gasteiger partial charge in [-0.15, -0.1) is 11.3 Å². The highest BCUT2D eigenvalue weighted by Crippen LogP contribution is 2.34. The highest BCUT2D eigenvalue weighted by molar-refractivity contribution is 7.99. The lowest BCUT2D eigenvalue weighted by Crippen LogP contribution is -2.49. The summed E-state index contributed by atoms with van der Waals surface area (Å²) in [6.07, 6.45) is -0.461. The summed E-state index contributed by atoms with van der Waals surface area (Å²) in [5, 5.41) is 0.613. The maximum absolute atomic E-state index is 13.0. The molecule has 1 unspecified atom stereocenters. The molecule has 4 heterocycles. The van der Waals surface area contributed by atoms with Gasteiger partial charge in [0.2, 0.25) is 5.91 Å². The van der Waals surface area contributed by atoms with Crippen LogP contribution in [0.3, 0.4) is 0 Å². The number of piperidine rings is 1. The predicted octanol–water partition coefficient (Wildman–Crippen LogP) is 4.13. The lowest BCUT2D eigenvalue weighted by atomic mass is 10.1. The first-order chi connectivity index (χ1) is 18.6. The summed E-state index contributed by atoms with van der Waals surface area (Å²) in [4.78, 5) is 26.0. The van der Waals surface area contributed by atoms with Gasteiger partial charge in [-0.25, -0.2) is 18.5 Å². The monoisotopic (exact) mass is 580 g/mol. The number of halogens is 3. The molecule has 0 radical (unpaired) electrons. The standard InChI is InChI=1S/C26H31F3N6O2S2/c1-39(37,35-9-3-2-4-10-35)32-20-7-5-19(6-8-20)15-23(36)33-11-13-34(14-12-33)24-22-16-21(17-26(27,28)29)38-25(22)31-18-30-24/h5-8,16,18H,1-4,9-15,17H2,(H,32,37). The lowest BCUT2D eigenvalue weighted by Gasteiger charge is -2.35. The summed E-state index contributed by atoms with van der Waals surface area (Å²) in [5.74, 6) is 4.51. The molecule has 2 fully saturated rings. The smallest absolute Gasteiger partial charge is 0.352 e. The number of benzene rings is 1. The Labute approximate surface area is 230 Å². The minimum absolute atomic E-state index is 0.000428. The molecular weight excluding hydrogens is 549 g/mol. The third-order valence-electron chi connectivity index (χ3n) is 6.98. The van der Waals surface area contributed by atoms with Gasteiger partial charge in [-0.05, 0) is 42.5 Å². The average Bonchev–Trinajstić information content (AvgIpc) is 3.31. The van der Waals surface area contributed by atoms with Crippen molar-refractivity contribution in [3.63, 3.8) is 0 Å². The lowest BCUT2D eigenvalue weighted by molar-refractivity contribution is -0.130. The molecule has 2 aliphatic heterocycles. The Hall–Kier alpha value is -2.90. The van der Waals surface area contributed by atoms with Crippen molar-refractivity contribution in [1.82, 2.24) is 19.2 Å². The van der Waals surface area contributed by atoms with Gasteiger partial charge >= 0.3 is 6.18 Å². The molecule has 210 valence electrons. The molecule has 1 amide bonds. The van der Waals surface area contributed by atoms with Crippen LogP contribution >= 0.6 is 11.3 Å². The van der Waals surface area contributed by atoms with E-state index in [-0.39, 0.29) is 17.2 Å². The van der Waals surface area contributed by atoms with E-state index in [0.717, 1.165) is 49.3 Å². The number of hydrogen-bond acceptors (Lipinski definition) is 6. The molecule has 13 heteroatoms. The van der Waals surface area contributed by atoms with Crippen molar-refractivity contribution >= 4 is 54.7 Å². The van der Waals surface area contributed by atoms with E-state index in [1.54, 1.807) is 4.90 Å². The van der Waals surface area contributed by atoms with E-state index >= 15 is 0 Å². The van der Waals surface area contributed by atoms with Gasteiger partial charge in [0.15, 0.2) is 0 Å². The number of aromatic nitrogens is 2. The van der Waals surface area contributed by atoms with Crippen molar-refractivity contribution in [3.05, 3.63) is 47.1 Å². The van der Waals surface area contributed by atoms with Crippen LogP contribution in [-0.2, 0) is 27.5 Å². The first kappa shape index (κ1) is 27.7. The first-order valence-corrected chi connectivity index (χ1v) is 15.4. The molecule has 8 nitrogen and oxygen atoms in total. The Morgan fingerprint density at radius 3 is 2.38 bits per heavy atom. The first-order valence-electron chi connectivity index (χ1n) is 12.9. The second-order valence-corrected chi connectivity index (χ2v) is 13.0. The molecule has 0 spiro atoms. The molecule has 5 rings (SSSR count). The fourth-order valence-electron chi connectivity index (χ4n) is 4.98. The Bertz CT molecular complexity index is 1410. The van der Waals surface area contributed by atoms with Gasteiger partial charge in [-0.1, -0.05) is 18.6 Å². The van der Waals surface area contributed by atoms with E-state index < -0.39 is 22.5 Å². The van der Waals surface area contributed by atoms with Crippen LogP contribution < -0.4 is 9.62 Å². The molecule has 2 saturated heterocycles. The number of piperazine rings is 1. The van der Waals surface area contributed by atoms with Gasteiger partial charge < -0.3 is 14.5 Å². The maximum atomic E-state index is 13.0. The number of carbonyl (C=O) groups excluding carboxylic acids is 1. The zero-order valence-electron chi connectivity index (χ0n) is 21.5. The van der Waals surface area contributed by atoms with Crippen molar-refractivity contribution in [2.24, 2.45) is 0 Å². The number of fused-ring (bicyclic) bond motifs is 1. The molecule has 2 aliphatic rings. The Morgan fingerprint density at radius 2 is 1.72 bits per heavy atom. The van der Waals surface area contributed by atoms with Gasteiger partial charge in [0.1, 0.15) is 26.9 Å². The SMILES string of the molecule is C=S(=O)(Nc1ccc(CC(=O)N2CCN(c3ncnc4sc(CC(F)(F)F)cc34)CC2)cc1)N1CCCCC1. The van der Waals surface area contributed by atoms with Crippen LogP contribution in [0.1, 0.15) is 29.7 Å². The Balaban J connectivity index is 1.16. The van der Waals surface area contributed by atoms with E-state index in [2.05, 4.69) is 20.6 Å². The molecule has 0 aliphatic carbocycles. The quantitative estimate of drug-likeness (QED) is 0.425. The average molecular weight is 581 g/mol. The van der Waals surface area contributed by atoms with Crippen LogP contribution in [0.2, 0.25) is 0 Å². The number of carbonyl (C=O) groups is 1. The number of hydrogen-bond donors (Lipinski definition) is 1. The van der Waals surface area contributed by atoms with Crippen molar-refractivity contribution in [3.8, 4) is 0 Å². The van der Waals surface area contributed by atoms with Crippen LogP contribution in [0.4, 0.5) is 24.7 Å². The molecule has 1 N–H and O–H groups in total. The molecule has 2 aromatic heterocycles. The molecule has 39 heavy (non-hydrogen) atoms. The molecule has 0 saturated carbocycles. The van der Waals surface area contributed by atoms with Gasteiger partial charge in [-0.3, -0.25) is 4.79 Å². The molecular formula is C26H31F3N6O2S2. The highest BCUT2D eigenvalue weighted by atomic mass is 32.2. The number of amides is 1. The van der Waals surface area contributed by atoms with E-state index in [1.807, 2.05) is 33.5 Å². The van der Waals surface area contributed by atoms with Gasteiger partial charge in [0.25, 0.3) is 0 Å².